The van der Waals surface area contributed by atoms with E-state index < -0.39 is 5.97 Å². The van der Waals surface area contributed by atoms with E-state index in [1.165, 1.54) is 25.7 Å². The molecular weight excluding hydrogens is 278 g/mol. The molecule has 1 heterocycles. The fraction of sp³-hybridized carbons (Fsp3) is 0.444. The monoisotopic (exact) mass is 301 g/mol. The molecule has 4 nitrogen and oxygen atoms in total. The number of unbranched alkanes of at least 4 members (excludes halogenated alkanes) is 4. The second-order valence-electron chi connectivity index (χ2n) is 5.45. The predicted molar refractivity (Wildman–Crippen MR) is 87.9 cm³/mol. The second-order valence-corrected chi connectivity index (χ2v) is 5.45. The van der Waals surface area contributed by atoms with Crippen LogP contribution in [0.2, 0.25) is 0 Å². The predicted octanol–water partition coefficient (Wildman–Crippen LogP) is 4.35. The van der Waals surface area contributed by atoms with Gasteiger partial charge in [0.1, 0.15) is 5.75 Å². The first kappa shape index (κ1) is 16.3. The van der Waals surface area contributed by atoms with Crippen molar-refractivity contribution in [2.75, 3.05) is 6.61 Å². The van der Waals surface area contributed by atoms with Crippen molar-refractivity contribution in [2.45, 2.75) is 46.0 Å². The van der Waals surface area contributed by atoms with Gasteiger partial charge in [0.25, 0.3) is 0 Å². The van der Waals surface area contributed by atoms with Crippen LogP contribution < -0.4 is 4.74 Å². The molecule has 0 spiro atoms. The molecule has 0 saturated carbocycles. The van der Waals surface area contributed by atoms with E-state index in [0.717, 1.165) is 24.3 Å². The van der Waals surface area contributed by atoms with Gasteiger partial charge in [-0.15, -0.1) is 0 Å². The molecule has 0 amide bonds. The van der Waals surface area contributed by atoms with Crippen LogP contribution in [-0.2, 0) is 9.63 Å². The lowest BCUT2D eigenvalue weighted by molar-refractivity contribution is -0.136. The average molecular weight is 301 g/mol. The van der Waals surface area contributed by atoms with Crippen molar-refractivity contribution < 1.29 is 14.4 Å². The number of nitrogens with zero attached hydrogens (tertiary/aromatic N) is 1. The largest absolute Gasteiger partial charge is 0.494 e. The summed E-state index contributed by atoms with van der Waals surface area (Å²) in [6, 6.07) is 7.70. The fourth-order valence-electron chi connectivity index (χ4n) is 2.24. The summed E-state index contributed by atoms with van der Waals surface area (Å²) in [7, 11) is 0. The highest BCUT2D eigenvalue weighted by Crippen LogP contribution is 2.18. The summed E-state index contributed by atoms with van der Waals surface area (Å²) in [6.45, 7) is 4.72. The lowest BCUT2D eigenvalue weighted by atomic mass is 10.1. The molecule has 22 heavy (non-hydrogen) atoms. The van der Waals surface area contributed by atoms with Gasteiger partial charge in [-0.3, -0.25) is 0 Å². The minimum atomic E-state index is -0.398. The summed E-state index contributed by atoms with van der Waals surface area (Å²) in [5.74, 6) is 0.460. The van der Waals surface area contributed by atoms with Gasteiger partial charge in [0, 0.05) is 0 Å². The van der Waals surface area contributed by atoms with Crippen LogP contribution in [0.4, 0.5) is 0 Å². The number of rotatable bonds is 8. The SMILES string of the molecule is CCCCCCCOc1ccc(C=C2C(=O)ON=C2C)cc1. The molecular formula is C18H23NO3. The van der Waals surface area contributed by atoms with Crippen LogP contribution in [0.15, 0.2) is 35.0 Å². The molecule has 118 valence electrons. The molecule has 0 bridgehead atoms. The molecule has 2 rings (SSSR count). The molecule has 1 aromatic carbocycles. The summed E-state index contributed by atoms with van der Waals surface area (Å²) in [6.07, 6.45) is 7.93. The van der Waals surface area contributed by atoms with E-state index in [9.17, 15) is 4.79 Å². The number of hydrogen-bond acceptors (Lipinski definition) is 4. The van der Waals surface area contributed by atoms with Crippen LogP contribution in [0.25, 0.3) is 6.08 Å². The highest BCUT2D eigenvalue weighted by atomic mass is 16.7. The summed E-state index contributed by atoms with van der Waals surface area (Å²) >= 11 is 0. The Hall–Kier alpha value is -2.10. The van der Waals surface area contributed by atoms with Crippen molar-refractivity contribution in [3.05, 3.63) is 35.4 Å². The maximum Gasteiger partial charge on any atom is 0.367 e. The Kier molecular flexibility index (Phi) is 6.19. The topological polar surface area (TPSA) is 47.9 Å². The van der Waals surface area contributed by atoms with Crippen LogP contribution in [-0.4, -0.2) is 18.3 Å². The zero-order valence-corrected chi connectivity index (χ0v) is 13.3. The van der Waals surface area contributed by atoms with Crippen LogP contribution in [0, 0.1) is 0 Å². The molecule has 1 aliphatic rings. The standard InChI is InChI=1S/C18H23NO3/c1-3-4-5-6-7-12-21-16-10-8-15(9-11-16)13-17-14(2)19-22-18(17)20/h8-11,13H,3-7,12H2,1-2H3. The summed E-state index contributed by atoms with van der Waals surface area (Å²) in [5.41, 5.74) is 2.04. The first-order valence-electron chi connectivity index (χ1n) is 7.91. The Balaban J connectivity index is 1.82. The highest BCUT2D eigenvalue weighted by molar-refractivity contribution is 6.24. The Morgan fingerprint density at radius 3 is 2.50 bits per heavy atom. The van der Waals surface area contributed by atoms with Gasteiger partial charge in [-0.25, -0.2) is 4.79 Å². The molecule has 4 heteroatoms. The maximum absolute atomic E-state index is 11.5. The van der Waals surface area contributed by atoms with Crippen molar-refractivity contribution in [3.8, 4) is 5.75 Å². The van der Waals surface area contributed by atoms with Crippen LogP contribution in [0.1, 0.15) is 51.5 Å². The lowest BCUT2D eigenvalue weighted by Gasteiger charge is -2.06. The molecule has 1 aromatic rings. The molecule has 0 aromatic heterocycles. The molecule has 0 radical (unpaired) electrons. The molecule has 0 aliphatic carbocycles. The molecule has 0 saturated heterocycles. The first-order chi connectivity index (χ1) is 10.7. The number of carbonyl (C=O) groups excluding carboxylic acids is 1. The third-order valence-electron chi connectivity index (χ3n) is 3.58. The quantitative estimate of drug-likeness (QED) is 0.407. The number of oxime groups is 1. The second kappa shape index (κ2) is 8.37. The van der Waals surface area contributed by atoms with Gasteiger partial charge in [-0.05, 0) is 37.1 Å². The average Bonchev–Trinajstić information content (AvgIpc) is 2.84. The third-order valence-corrected chi connectivity index (χ3v) is 3.58. The zero-order valence-electron chi connectivity index (χ0n) is 13.3. The molecule has 0 atom stereocenters. The Labute approximate surface area is 131 Å². The van der Waals surface area contributed by atoms with E-state index in [0.29, 0.717) is 11.3 Å². The molecule has 0 fully saturated rings. The van der Waals surface area contributed by atoms with Gasteiger partial charge >= 0.3 is 5.97 Å². The van der Waals surface area contributed by atoms with Gasteiger partial charge in [-0.2, -0.15) is 0 Å². The number of carbonyl (C=O) groups is 1. The number of hydrogen-bond donors (Lipinski definition) is 0. The van der Waals surface area contributed by atoms with Gasteiger partial charge < -0.3 is 9.57 Å². The smallest absolute Gasteiger partial charge is 0.367 e. The molecule has 0 unspecified atom stereocenters. The first-order valence-corrected chi connectivity index (χ1v) is 7.91. The Bertz CT molecular complexity index is 558. The van der Waals surface area contributed by atoms with E-state index in [2.05, 4.69) is 16.9 Å². The van der Waals surface area contributed by atoms with Crippen molar-refractivity contribution in [1.82, 2.24) is 0 Å². The van der Waals surface area contributed by atoms with Crippen LogP contribution >= 0.6 is 0 Å². The normalized spacial score (nSPS) is 15.8. The highest BCUT2D eigenvalue weighted by Gasteiger charge is 2.21. The van der Waals surface area contributed by atoms with Gasteiger partial charge in [-0.1, -0.05) is 49.9 Å². The van der Waals surface area contributed by atoms with Crippen molar-refractivity contribution >= 4 is 17.8 Å². The Morgan fingerprint density at radius 1 is 1.14 bits per heavy atom. The van der Waals surface area contributed by atoms with E-state index in [-0.39, 0.29) is 0 Å². The number of benzene rings is 1. The summed E-state index contributed by atoms with van der Waals surface area (Å²) in [4.78, 5) is 16.1. The Morgan fingerprint density at radius 2 is 1.86 bits per heavy atom. The molecule has 0 N–H and O–H groups in total. The van der Waals surface area contributed by atoms with Gasteiger partial charge in [0.15, 0.2) is 0 Å². The van der Waals surface area contributed by atoms with E-state index in [4.69, 9.17) is 4.74 Å². The van der Waals surface area contributed by atoms with Crippen molar-refractivity contribution in [1.29, 1.82) is 0 Å². The van der Waals surface area contributed by atoms with E-state index in [1.807, 2.05) is 24.3 Å². The van der Waals surface area contributed by atoms with Crippen molar-refractivity contribution in [2.24, 2.45) is 5.16 Å². The minimum absolute atomic E-state index is 0.398. The van der Waals surface area contributed by atoms with E-state index in [1.54, 1.807) is 13.0 Å². The van der Waals surface area contributed by atoms with Gasteiger partial charge in [0.05, 0.1) is 17.9 Å². The molecule has 1 aliphatic heterocycles. The minimum Gasteiger partial charge on any atom is -0.494 e. The van der Waals surface area contributed by atoms with E-state index >= 15 is 0 Å². The summed E-state index contributed by atoms with van der Waals surface area (Å²) < 4.78 is 5.72. The van der Waals surface area contributed by atoms with Gasteiger partial charge in [0.2, 0.25) is 0 Å². The lowest BCUT2D eigenvalue weighted by Crippen LogP contribution is -2.01. The maximum atomic E-state index is 11.5. The van der Waals surface area contributed by atoms with Crippen molar-refractivity contribution in [3.63, 3.8) is 0 Å². The fourth-order valence-corrected chi connectivity index (χ4v) is 2.24. The van der Waals surface area contributed by atoms with Crippen LogP contribution in [0.3, 0.4) is 0 Å². The number of ether oxygens (including phenoxy) is 1. The third kappa shape index (κ3) is 4.72. The summed E-state index contributed by atoms with van der Waals surface area (Å²) in [5, 5.41) is 3.66. The van der Waals surface area contributed by atoms with Crippen LogP contribution in [0.5, 0.6) is 5.75 Å². The zero-order chi connectivity index (χ0) is 15.8.